The van der Waals surface area contributed by atoms with E-state index in [0.29, 0.717) is 23.2 Å². The zero-order valence-electron chi connectivity index (χ0n) is 17.9. The minimum Gasteiger partial charge on any atom is -0.483 e. The number of para-hydroxylation sites is 1. The molecule has 0 fully saturated rings. The van der Waals surface area contributed by atoms with Crippen molar-refractivity contribution in [3.8, 4) is 5.75 Å². The highest BCUT2D eigenvalue weighted by Crippen LogP contribution is 2.26. The van der Waals surface area contributed by atoms with Crippen LogP contribution in [0, 0.1) is 5.82 Å². The standard InChI is InChI=1S/C24H22FN5O2S/c1-3-14-30-22(15-32-21-12-5-4-9-18(21)25)28-29-24(30)33-16(2)23(31)27-20-11-6-10-19-17(20)8-7-13-26-19/h3-13,16H,1,14-15H2,2H3,(H,27,31). The number of rotatable bonds is 9. The van der Waals surface area contributed by atoms with Gasteiger partial charge in [-0.25, -0.2) is 4.39 Å². The third-order valence-corrected chi connectivity index (χ3v) is 5.93. The predicted molar refractivity (Wildman–Crippen MR) is 127 cm³/mol. The molecule has 168 valence electrons. The van der Waals surface area contributed by atoms with Gasteiger partial charge in [0.2, 0.25) is 5.91 Å². The minimum absolute atomic E-state index is 0.0336. The number of anilines is 1. The first-order valence-electron chi connectivity index (χ1n) is 10.3. The summed E-state index contributed by atoms with van der Waals surface area (Å²) in [5.74, 6) is 0.0232. The lowest BCUT2D eigenvalue weighted by Crippen LogP contribution is -2.23. The van der Waals surface area contributed by atoms with Crippen molar-refractivity contribution in [1.82, 2.24) is 19.7 Å². The number of carbonyl (C=O) groups is 1. The van der Waals surface area contributed by atoms with Crippen LogP contribution in [0.3, 0.4) is 0 Å². The van der Waals surface area contributed by atoms with E-state index >= 15 is 0 Å². The fourth-order valence-electron chi connectivity index (χ4n) is 3.19. The van der Waals surface area contributed by atoms with Gasteiger partial charge < -0.3 is 10.1 Å². The molecule has 2 aromatic heterocycles. The lowest BCUT2D eigenvalue weighted by atomic mass is 10.2. The molecule has 0 saturated heterocycles. The maximum atomic E-state index is 13.8. The molecule has 0 radical (unpaired) electrons. The summed E-state index contributed by atoms with van der Waals surface area (Å²) in [4.78, 5) is 17.2. The van der Waals surface area contributed by atoms with Crippen molar-refractivity contribution in [2.45, 2.75) is 30.5 Å². The Labute approximate surface area is 194 Å². The minimum atomic E-state index is -0.454. The quantitative estimate of drug-likeness (QED) is 0.282. The second kappa shape index (κ2) is 10.3. The molecule has 0 bridgehead atoms. The maximum Gasteiger partial charge on any atom is 0.237 e. The summed E-state index contributed by atoms with van der Waals surface area (Å²) in [6.45, 7) is 6.03. The summed E-state index contributed by atoms with van der Waals surface area (Å²) in [5, 5.41) is 12.3. The van der Waals surface area contributed by atoms with E-state index < -0.39 is 11.1 Å². The molecule has 0 aliphatic carbocycles. The number of hydrogen-bond acceptors (Lipinski definition) is 6. The van der Waals surface area contributed by atoms with Crippen LogP contribution >= 0.6 is 11.8 Å². The number of carbonyl (C=O) groups excluding carboxylic acids is 1. The first kappa shape index (κ1) is 22.5. The van der Waals surface area contributed by atoms with Gasteiger partial charge in [-0.3, -0.25) is 14.3 Å². The molecular formula is C24H22FN5O2S. The van der Waals surface area contributed by atoms with E-state index in [0.717, 1.165) is 10.9 Å². The lowest BCUT2D eigenvalue weighted by Gasteiger charge is -2.14. The third-order valence-electron chi connectivity index (χ3n) is 4.85. The molecule has 4 rings (SSSR count). The summed E-state index contributed by atoms with van der Waals surface area (Å²) in [7, 11) is 0. The second-order valence-electron chi connectivity index (χ2n) is 7.14. The molecule has 9 heteroatoms. The molecule has 0 saturated carbocycles. The summed E-state index contributed by atoms with van der Waals surface area (Å²) in [6.07, 6.45) is 3.42. The van der Waals surface area contributed by atoms with Gasteiger partial charge in [0.1, 0.15) is 6.61 Å². The Morgan fingerprint density at radius 3 is 2.88 bits per heavy atom. The molecule has 0 spiro atoms. The van der Waals surface area contributed by atoms with Crippen LogP contribution in [-0.4, -0.2) is 30.9 Å². The van der Waals surface area contributed by atoms with Crippen molar-refractivity contribution in [2.24, 2.45) is 0 Å². The van der Waals surface area contributed by atoms with Crippen LogP contribution < -0.4 is 10.1 Å². The number of nitrogens with zero attached hydrogens (tertiary/aromatic N) is 4. The van der Waals surface area contributed by atoms with Crippen LogP contribution in [0.5, 0.6) is 5.75 Å². The molecule has 1 amide bonds. The Morgan fingerprint density at radius 2 is 2.06 bits per heavy atom. The molecular weight excluding hydrogens is 441 g/mol. The van der Waals surface area contributed by atoms with Gasteiger partial charge in [-0.1, -0.05) is 36.0 Å². The smallest absolute Gasteiger partial charge is 0.237 e. The second-order valence-corrected chi connectivity index (χ2v) is 8.45. The van der Waals surface area contributed by atoms with Crippen LogP contribution in [-0.2, 0) is 17.9 Å². The highest BCUT2D eigenvalue weighted by molar-refractivity contribution is 8.00. The summed E-state index contributed by atoms with van der Waals surface area (Å²) < 4.78 is 21.2. The van der Waals surface area contributed by atoms with Crippen molar-refractivity contribution in [3.63, 3.8) is 0 Å². The zero-order valence-corrected chi connectivity index (χ0v) is 18.8. The van der Waals surface area contributed by atoms with E-state index in [4.69, 9.17) is 4.74 Å². The zero-order chi connectivity index (χ0) is 23.2. The van der Waals surface area contributed by atoms with Crippen molar-refractivity contribution in [3.05, 3.63) is 85.1 Å². The first-order valence-corrected chi connectivity index (χ1v) is 11.2. The molecule has 1 atom stereocenters. The van der Waals surface area contributed by atoms with Crippen molar-refractivity contribution < 1.29 is 13.9 Å². The molecule has 2 heterocycles. The number of hydrogen-bond donors (Lipinski definition) is 1. The topological polar surface area (TPSA) is 81.9 Å². The molecule has 1 N–H and O–H groups in total. The largest absolute Gasteiger partial charge is 0.483 e. The number of amides is 1. The fourth-order valence-corrected chi connectivity index (χ4v) is 4.07. The molecule has 4 aromatic rings. The average molecular weight is 464 g/mol. The van der Waals surface area contributed by atoms with Gasteiger partial charge >= 0.3 is 0 Å². The van der Waals surface area contributed by atoms with Gasteiger partial charge in [-0.2, -0.15) is 0 Å². The van der Waals surface area contributed by atoms with Gasteiger partial charge in [0.05, 0.1) is 16.5 Å². The number of aromatic nitrogens is 4. The number of allylic oxidation sites excluding steroid dienone is 1. The highest BCUT2D eigenvalue weighted by atomic mass is 32.2. The van der Waals surface area contributed by atoms with Crippen LogP contribution in [0.25, 0.3) is 10.9 Å². The van der Waals surface area contributed by atoms with Crippen molar-refractivity contribution in [2.75, 3.05) is 5.32 Å². The predicted octanol–water partition coefficient (Wildman–Crippen LogP) is 4.85. The third kappa shape index (κ3) is 5.20. The maximum absolute atomic E-state index is 13.8. The van der Waals surface area contributed by atoms with E-state index in [-0.39, 0.29) is 18.3 Å². The Bertz CT molecular complexity index is 1290. The van der Waals surface area contributed by atoms with Crippen LogP contribution in [0.2, 0.25) is 0 Å². The van der Waals surface area contributed by atoms with E-state index in [9.17, 15) is 9.18 Å². The van der Waals surface area contributed by atoms with E-state index in [1.165, 1.54) is 17.8 Å². The number of ether oxygens (including phenoxy) is 1. The first-order chi connectivity index (χ1) is 16.1. The average Bonchev–Trinajstić information content (AvgIpc) is 3.20. The van der Waals surface area contributed by atoms with Gasteiger partial charge in [-0.15, -0.1) is 16.8 Å². The number of fused-ring (bicyclic) bond motifs is 1. The summed E-state index contributed by atoms with van der Waals surface area (Å²) in [5.41, 5.74) is 1.51. The van der Waals surface area contributed by atoms with Gasteiger partial charge in [0.25, 0.3) is 0 Å². The number of nitrogens with one attached hydrogen (secondary N) is 1. The van der Waals surface area contributed by atoms with E-state index in [1.54, 1.807) is 42.0 Å². The summed E-state index contributed by atoms with van der Waals surface area (Å²) >= 11 is 1.27. The van der Waals surface area contributed by atoms with Crippen LogP contribution in [0.1, 0.15) is 12.7 Å². The van der Waals surface area contributed by atoms with Crippen molar-refractivity contribution >= 4 is 34.3 Å². The molecule has 0 aliphatic rings. The normalized spacial score (nSPS) is 11.8. The van der Waals surface area contributed by atoms with Gasteiger partial charge in [-0.05, 0) is 43.3 Å². The molecule has 1 unspecified atom stereocenters. The monoisotopic (exact) mass is 463 g/mol. The number of benzene rings is 2. The Kier molecular flexibility index (Phi) is 6.99. The van der Waals surface area contributed by atoms with Gasteiger partial charge in [0, 0.05) is 18.1 Å². The van der Waals surface area contributed by atoms with E-state index in [2.05, 4.69) is 27.1 Å². The van der Waals surface area contributed by atoms with Crippen LogP contribution in [0.4, 0.5) is 10.1 Å². The Balaban J connectivity index is 1.46. The highest BCUT2D eigenvalue weighted by Gasteiger charge is 2.21. The number of thioether (sulfide) groups is 1. The number of pyridine rings is 1. The Hall–Kier alpha value is -3.72. The van der Waals surface area contributed by atoms with Crippen molar-refractivity contribution in [1.29, 1.82) is 0 Å². The Morgan fingerprint density at radius 1 is 1.21 bits per heavy atom. The molecule has 0 aliphatic heterocycles. The number of halogens is 1. The van der Waals surface area contributed by atoms with Crippen LogP contribution in [0.15, 0.2) is 78.6 Å². The van der Waals surface area contributed by atoms with Gasteiger partial charge in [0.15, 0.2) is 22.5 Å². The molecule has 2 aromatic carbocycles. The summed E-state index contributed by atoms with van der Waals surface area (Å²) in [6, 6.07) is 15.5. The van der Waals surface area contributed by atoms with E-state index in [1.807, 2.05) is 30.3 Å². The fraction of sp³-hybridized carbons (Fsp3) is 0.167. The molecule has 7 nitrogen and oxygen atoms in total. The SMILES string of the molecule is C=CCn1c(COc2ccccc2F)nnc1SC(C)C(=O)Nc1cccc2ncccc12. The molecule has 33 heavy (non-hydrogen) atoms. The lowest BCUT2D eigenvalue weighted by molar-refractivity contribution is -0.115.